The topological polar surface area (TPSA) is 131 Å². The maximum Gasteiger partial charge on any atom is 0.300 e. The molecule has 116 valence electrons. The van der Waals surface area contributed by atoms with Crippen molar-refractivity contribution in [3.63, 3.8) is 0 Å². The summed E-state index contributed by atoms with van der Waals surface area (Å²) in [6.45, 7) is 0. The van der Waals surface area contributed by atoms with E-state index < -0.39 is 21.2 Å². The average Bonchev–Trinajstić information content (AvgIpc) is 2.54. The van der Waals surface area contributed by atoms with Gasteiger partial charge in [-0.1, -0.05) is 12.1 Å². The van der Waals surface area contributed by atoms with Gasteiger partial charge in [-0.25, -0.2) is 0 Å². The molecule has 0 aliphatic rings. The molecule has 0 spiro atoms. The van der Waals surface area contributed by atoms with Gasteiger partial charge in [0.05, 0.1) is 34.3 Å². The summed E-state index contributed by atoms with van der Waals surface area (Å²) in [4.78, 5) is 20.5. The third kappa shape index (κ3) is 3.16. The Morgan fingerprint density at radius 1 is 1.17 bits per heavy atom. The van der Waals surface area contributed by atoms with Crippen LogP contribution in [0.15, 0.2) is 36.4 Å². The first kappa shape index (κ1) is 15.7. The van der Waals surface area contributed by atoms with Gasteiger partial charge in [0.1, 0.15) is 17.5 Å². The molecular weight excluding hydrogens is 304 g/mol. The molecular formula is C14H10N4O5. The van der Waals surface area contributed by atoms with E-state index in [1.807, 2.05) is 0 Å². The molecule has 0 saturated carbocycles. The van der Waals surface area contributed by atoms with Crippen molar-refractivity contribution < 1.29 is 14.6 Å². The van der Waals surface area contributed by atoms with Gasteiger partial charge in [-0.15, -0.1) is 0 Å². The van der Waals surface area contributed by atoms with Crippen molar-refractivity contribution in [1.82, 2.24) is 0 Å². The van der Waals surface area contributed by atoms with E-state index in [0.717, 1.165) is 12.1 Å². The molecule has 1 N–H and O–H groups in total. The lowest BCUT2D eigenvalue weighted by Crippen LogP contribution is -2.03. The van der Waals surface area contributed by atoms with E-state index in [4.69, 9.17) is 10.00 Å². The van der Waals surface area contributed by atoms with Gasteiger partial charge in [0, 0.05) is 6.07 Å². The second kappa shape index (κ2) is 6.40. The first-order chi connectivity index (χ1) is 11.0. The zero-order valence-electron chi connectivity index (χ0n) is 11.8. The summed E-state index contributed by atoms with van der Waals surface area (Å²) in [5, 5.41) is 34.0. The fourth-order valence-electron chi connectivity index (χ4n) is 1.96. The number of anilines is 2. The number of methoxy groups -OCH3 is 1. The van der Waals surface area contributed by atoms with Crippen LogP contribution in [0, 0.1) is 31.6 Å². The maximum absolute atomic E-state index is 11.2. The van der Waals surface area contributed by atoms with E-state index in [-0.39, 0.29) is 11.3 Å². The lowest BCUT2D eigenvalue weighted by Gasteiger charge is -2.12. The van der Waals surface area contributed by atoms with Crippen LogP contribution in [-0.2, 0) is 0 Å². The molecule has 23 heavy (non-hydrogen) atoms. The third-order valence-electron chi connectivity index (χ3n) is 3.00. The SMILES string of the molecule is COc1ccccc1Nc1c(C#N)cc([N+](=O)[O-])cc1[N+](=O)[O-]. The standard InChI is InChI=1S/C14H10N4O5/c1-23-13-5-3-2-4-11(13)16-14-9(8-15)6-10(17(19)20)7-12(14)18(21)22/h2-7,16H,1H3. The number of hydrogen-bond acceptors (Lipinski definition) is 7. The Labute approximate surface area is 130 Å². The third-order valence-corrected chi connectivity index (χ3v) is 3.00. The van der Waals surface area contributed by atoms with Crippen LogP contribution in [0.5, 0.6) is 5.75 Å². The molecule has 0 heterocycles. The Morgan fingerprint density at radius 2 is 1.87 bits per heavy atom. The van der Waals surface area contributed by atoms with E-state index >= 15 is 0 Å². The summed E-state index contributed by atoms with van der Waals surface area (Å²) in [6.07, 6.45) is 0. The molecule has 2 aromatic carbocycles. The fourth-order valence-corrected chi connectivity index (χ4v) is 1.96. The predicted molar refractivity (Wildman–Crippen MR) is 80.7 cm³/mol. The second-order valence-electron chi connectivity index (χ2n) is 4.34. The van der Waals surface area contributed by atoms with Crippen LogP contribution >= 0.6 is 0 Å². The minimum atomic E-state index is -0.791. The highest BCUT2D eigenvalue weighted by molar-refractivity contribution is 5.80. The van der Waals surface area contributed by atoms with Crippen LogP contribution in [-0.4, -0.2) is 17.0 Å². The summed E-state index contributed by atoms with van der Waals surface area (Å²) >= 11 is 0. The number of benzene rings is 2. The van der Waals surface area contributed by atoms with Crippen molar-refractivity contribution in [3.05, 3.63) is 62.2 Å². The van der Waals surface area contributed by atoms with Crippen molar-refractivity contribution >= 4 is 22.7 Å². The quantitative estimate of drug-likeness (QED) is 0.662. The summed E-state index contributed by atoms with van der Waals surface area (Å²) in [6, 6.07) is 10.1. The van der Waals surface area contributed by atoms with E-state index in [2.05, 4.69) is 5.32 Å². The van der Waals surface area contributed by atoms with E-state index in [0.29, 0.717) is 11.4 Å². The van der Waals surface area contributed by atoms with Crippen LogP contribution in [0.1, 0.15) is 5.56 Å². The van der Waals surface area contributed by atoms with Crippen LogP contribution in [0.4, 0.5) is 22.7 Å². The zero-order valence-corrected chi connectivity index (χ0v) is 11.8. The van der Waals surface area contributed by atoms with E-state index in [1.165, 1.54) is 7.11 Å². The van der Waals surface area contributed by atoms with E-state index in [9.17, 15) is 20.2 Å². The van der Waals surface area contributed by atoms with Crippen molar-refractivity contribution in [1.29, 1.82) is 5.26 Å². The lowest BCUT2D eigenvalue weighted by atomic mass is 10.1. The van der Waals surface area contributed by atoms with Gasteiger partial charge in [0.15, 0.2) is 0 Å². The first-order valence-corrected chi connectivity index (χ1v) is 6.25. The molecule has 9 heteroatoms. The van der Waals surface area contributed by atoms with Gasteiger partial charge in [-0.3, -0.25) is 20.2 Å². The lowest BCUT2D eigenvalue weighted by molar-refractivity contribution is -0.393. The molecule has 0 fully saturated rings. The molecule has 0 unspecified atom stereocenters. The molecule has 0 bridgehead atoms. The van der Waals surface area contributed by atoms with E-state index in [1.54, 1.807) is 30.3 Å². The summed E-state index contributed by atoms with van der Waals surface area (Å²) in [5.41, 5.74) is -1.05. The van der Waals surface area contributed by atoms with Crippen LogP contribution in [0.3, 0.4) is 0 Å². The first-order valence-electron chi connectivity index (χ1n) is 6.25. The summed E-state index contributed by atoms with van der Waals surface area (Å²) in [5.74, 6) is 0.407. The minimum Gasteiger partial charge on any atom is -0.495 e. The smallest absolute Gasteiger partial charge is 0.300 e. The van der Waals surface area contributed by atoms with Gasteiger partial charge < -0.3 is 10.1 Å². The van der Waals surface area contributed by atoms with Crippen molar-refractivity contribution in [2.45, 2.75) is 0 Å². The van der Waals surface area contributed by atoms with Gasteiger partial charge >= 0.3 is 5.69 Å². The second-order valence-corrected chi connectivity index (χ2v) is 4.34. The molecule has 0 aliphatic heterocycles. The number of nitriles is 1. The highest BCUT2D eigenvalue weighted by Crippen LogP contribution is 2.37. The number of hydrogen-bond donors (Lipinski definition) is 1. The number of nitrogens with one attached hydrogen (secondary N) is 1. The molecule has 0 saturated heterocycles. The Hall–Kier alpha value is -3.67. The van der Waals surface area contributed by atoms with Gasteiger partial charge in [0.25, 0.3) is 5.69 Å². The molecule has 0 atom stereocenters. The largest absolute Gasteiger partial charge is 0.495 e. The molecule has 0 radical (unpaired) electrons. The van der Waals surface area contributed by atoms with Crippen LogP contribution in [0.25, 0.3) is 0 Å². The molecule has 9 nitrogen and oxygen atoms in total. The highest BCUT2D eigenvalue weighted by Gasteiger charge is 2.25. The number of nitro groups is 2. The number of nitrogens with zero attached hydrogens (tertiary/aromatic N) is 3. The fraction of sp³-hybridized carbons (Fsp3) is 0.0714. The number of ether oxygens (including phenoxy) is 1. The number of para-hydroxylation sites is 2. The Morgan fingerprint density at radius 3 is 2.43 bits per heavy atom. The zero-order chi connectivity index (χ0) is 17.0. The Kier molecular flexibility index (Phi) is 4.37. The predicted octanol–water partition coefficient (Wildman–Crippen LogP) is 3.13. The number of rotatable bonds is 5. The van der Waals surface area contributed by atoms with Crippen LogP contribution in [0.2, 0.25) is 0 Å². The van der Waals surface area contributed by atoms with Gasteiger partial charge in [-0.05, 0) is 12.1 Å². The highest BCUT2D eigenvalue weighted by atomic mass is 16.6. The maximum atomic E-state index is 11.2. The molecule has 0 aliphatic carbocycles. The summed E-state index contributed by atoms with van der Waals surface area (Å²) in [7, 11) is 1.43. The molecule has 2 rings (SSSR count). The average molecular weight is 314 g/mol. The number of non-ortho nitro benzene ring substituents is 1. The van der Waals surface area contributed by atoms with Gasteiger partial charge in [0.2, 0.25) is 0 Å². The number of nitro benzene ring substituents is 2. The minimum absolute atomic E-state index is 0.132. The Balaban J connectivity index is 2.63. The van der Waals surface area contributed by atoms with Crippen molar-refractivity contribution in [2.75, 3.05) is 12.4 Å². The normalized spacial score (nSPS) is 9.74. The molecule has 0 amide bonds. The monoisotopic (exact) mass is 314 g/mol. The molecule has 0 aromatic heterocycles. The Bertz CT molecular complexity index is 828. The molecule has 2 aromatic rings. The van der Waals surface area contributed by atoms with Crippen LogP contribution < -0.4 is 10.1 Å². The summed E-state index contributed by atoms with van der Waals surface area (Å²) < 4.78 is 5.13. The van der Waals surface area contributed by atoms with Gasteiger partial charge in [-0.2, -0.15) is 5.26 Å². The van der Waals surface area contributed by atoms with Crippen molar-refractivity contribution in [3.8, 4) is 11.8 Å². The van der Waals surface area contributed by atoms with Crippen molar-refractivity contribution in [2.24, 2.45) is 0 Å².